The second kappa shape index (κ2) is 6.60. The Bertz CT molecular complexity index is 867. The molecule has 0 aliphatic carbocycles. The van der Waals surface area contributed by atoms with Gasteiger partial charge in [-0.1, -0.05) is 6.92 Å². The fourth-order valence-corrected chi connectivity index (χ4v) is 2.47. The first kappa shape index (κ1) is 16.4. The SMILES string of the molecule is CCCN1C(=O)N/C(=C\c2ccc(-c3ccc([N+](=O)[O-])cc3)o2)C1=O. The number of hydrogen-bond acceptors (Lipinski definition) is 5. The number of imide groups is 1. The van der Waals surface area contributed by atoms with E-state index in [0.717, 1.165) is 4.90 Å². The van der Waals surface area contributed by atoms with Crippen LogP contribution in [0.1, 0.15) is 19.1 Å². The van der Waals surface area contributed by atoms with Crippen molar-refractivity contribution in [2.45, 2.75) is 13.3 Å². The lowest BCUT2D eigenvalue weighted by molar-refractivity contribution is -0.384. The van der Waals surface area contributed by atoms with Crippen LogP contribution in [0.15, 0.2) is 46.5 Å². The number of non-ortho nitro benzene ring substituents is 1. The molecule has 0 spiro atoms. The Morgan fingerprint density at radius 1 is 1.20 bits per heavy atom. The Balaban J connectivity index is 1.81. The largest absolute Gasteiger partial charge is 0.457 e. The van der Waals surface area contributed by atoms with Crippen LogP contribution in [0, 0.1) is 10.1 Å². The average molecular weight is 341 g/mol. The summed E-state index contributed by atoms with van der Waals surface area (Å²) in [4.78, 5) is 35.3. The van der Waals surface area contributed by atoms with Crippen LogP contribution in [0.25, 0.3) is 17.4 Å². The molecule has 128 valence electrons. The Kier molecular flexibility index (Phi) is 4.34. The van der Waals surface area contributed by atoms with E-state index in [1.54, 1.807) is 24.3 Å². The molecule has 0 radical (unpaired) electrons. The van der Waals surface area contributed by atoms with Crippen LogP contribution < -0.4 is 5.32 Å². The monoisotopic (exact) mass is 341 g/mol. The lowest BCUT2D eigenvalue weighted by Gasteiger charge is -2.08. The zero-order valence-corrected chi connectivity index (χ0v) is 13.4. The molecular weight excluding hydrogens is 326 g/mol. The number of furan rings is 1. The van der Waals surface area contributed by atoms with Crippen LogP contribution >= 0.6 is 0 Å². The summed E-state index contributed by atoms with van der Waals surface area (Å²) in [5.41, 5.74) is 0.820. The second-order valence-corrected chi connectivity index (χ2v) is 5.45. The minimum atomic E-state index is -0.474. The fraction of sp³-hybridized carbons (Fsp3) is 0.176. The van der Waals surface area contributed by atoms with E-state index in [1.165, 1.54) is 18.2 Å². The molecule has 0 unspecified atom stereocenters. The lowest BCUT2D eigenvalue weighted by atomic mass is 10.1. The highest BCUT2D eigenvalue weighted by Crippen LogP contribution is 2.26. The summed E-state index contributed by atoms with van der Waals surface area (Å²) >= 11 is 0. The molecule has 2 heterocycles. The molecule has 25 heavy (non-hydrogen) atoms. The van der Waals surface area contributed by atoms with Crippen molar-refractivity contribution in [3.63, 3.8) is 0 Å². The third kappa shape index (κ3) is 3.27. The molecular formula is C17H15N3O5. The van der Waals surface area contributed by atoms with Gasteiger partial charge < -0.3 is 9.73 Å². The van der Waals surface area contributed by atoms with Crippen molar-refractivity contribution in [2.24, 2.45) is 0 Å². The van der Waals surface area contributed by atoms with Gasteiger partial charge in [0.2, 0.25) is 0 Å². The number of urea groups is 1. The molecule has 0 bridgehead atoms. The molecule has 1 saturated heterocycles. The minimum absolute atomic E-state index is 0.00655. The van der Waals surface area contributed by atoms with E-state index in [0.29, 0.717) is 30.0 Å². The molecule has 8 nitrogen and oxygen atoms in total. The molecule has 1 fully saturated rings. The smallest absolute Gasteiger partial charge is 0.329 e. The summed E-state index contributed by atoms with van der Waals surface area (Å²) in [5, 5.41) is 13.2. The Morgan fingerprint density at radius 2 is 1.92 bits per heavy atom. The van der Waals surface area contributed by atoms with E-state index in [4.69, 9.17) is 4.42 Å². The van der Waals surface area contributed by atoms with Crippen LogP contribution in [0.3, 0.4) is 0 Å². The van der Waals surface area contributed by atoms with Crippen molar-refractivity contribution in [1.82, 2.24) is 10.2 Å². The molecule has 8 heteroatoms. The second-order valence-electron chi connectivity index (χ2n) is 5.45. The van der Waals surface area contributed by atoms with E-state index in [1.807, 2.05) is 6.92 Å². The molecule has 3 rings (SSSR count). The fourth-order valence-electron chi connectivity index (χ4n) is 2.47. The predicted octanol–water partition coefficient (Wildman–Crippen LogP) is 3.16. The number of nitro benzene ring substituents is 1. The zero-order chi connectivity index (χ0) is 18.0. The molecule has 2 aromatic rings. The van der Waals surface area contributed by atoms with Crippen molar-refractivity contribution in [3.8, 4) is 11.3 Å². The third-order valence-corrected chi connectivity index (χ3v) is 3.69. The predicted molar refractivity (Wildman–Crippen MR) is 89.3 cm³/mol. The molecule has 1 aromatic heterocycles. The van der Waals surface area contributed by atoms with Crippen molar-refractivity contribution in [2.75, 3.05) is 6.54 Å². The van der Waals surface area contributed by atoms with Crippen LogP contribution in [0.2, 0.25) is 0 Å². The first-order valence-corrected chi connectivity index (χ1v) is 7.69. The van der Waals surface area contributed by atoms with Gasteiger partial charge in [0, 0.05) is 30.3 Å². The first-order chi connectivity index (χ1) is 12.0. The third-order valence-electron chi connectivity index (χ3n) is 3.69. The number of carbonyl (C=O) groups is 2. The van der Waals surface area contributed by atoms with Gasteiger partial charge in [-0.3, -0.25) is 19.8 Å². The highest BCUT2D eigenvalue weighted by Gasteiger charge is 2.32. The molecule has 0 saturated carbocycles. The number of nitrogens with one attached hydrogen (secondary N) is 1. The van der Waals surface area contributed by atoms with E-state index in [9.17, 15) is 19.7 Å². The summed E-state index contributed by atoms with van der Waals surface area (Å²) < 4.78 is 5.64. The van der Waals surface area contributed by atoms with E-state index >= 15 is 0 Å². The number of benzene rings is 1. The van der Waals surface area contributed by atoms with Gasteiger partial charge in [-0.05, 0) is 30.7 Å². The number of carbonyl (C=O) groups excluding carboxylic acids is 2. The maximum Gasteiger partial charge on any atom is 0.329 e. The van der Waals surface area contributed by atoms with Gasteiger partial charge in [0.05, 0.1) is 4.92 Å². The van der Waals surface area contributed by atoms with Crippen LogP contribution in [0.4, 0.5) is 10.5 Å². The Hall–Kier alpha value is -3.42. The van der Waals surface area contributed by atoms with E-state index in [2.05, 4.69) is 5.32 Å². The number of rotatable bonds is 5. The van der Waals surface area contributed by atoms with Gasteiger partial charge in [-0.15, -0.1) is 0 Å². The van der Waals surface area contributed by atoms with Gasteiger partial charge in [0.15, 0.2) is 0 Å². The highest BCUT2D eigenvalue weighted by atomic mass is 16.6. The molecule has 1 aliphatic heterocycles. The summed E-state index contributed by atoms with van der Waals surface area (Å²) in [7, 11) is 0. The average Bonchev–Trinajstić information content (AvgIpc) is 3.16. The van der Waals surface area contributed by atoms with Gasteiger partial charge in [0.25, 0.3) is 11.6 Å². The van der Waals surface area contributed by atoms with Gasteiger partial charge in [0.1, 0.15) is 17.2 Å². The minimum Gasteiger partial charge on any atom is -0.457 e. The van der Waals surface area contributed by atoms with E-state index in [-0.39, 0.29) is 17.3 Å². The molecule has 1 N–H and O–H groups in total. The van der Waals surface area contributed by atoms with Crippen molar-refractivity contribution >= 4 is 23.7 Å². The molecule has 1 aromatic carbocycles. The summed E-state index contributed by atoms with van der Waals surface area (Å²) in [5.74, 6) is 0.513. The Labute approximate surface area is 142 Å². The lowest BCUT2D eigenvalue weighted by Crippen LogP contribution is -2.31. The van der Waals surface area contributed by atoms with Gasteiger partial charge in [-0.25, -0.2) is 4.79 Å². The molecule has 0 atom stereocenters. The van der Waals surface area contributed by atoms with Gasteiger partial charge in [-0.2, -0.15) is 0 Å². The standard InChI is InChI=1S/C17H15N3O5/c1-2-9-19-16(21)14(18-17(19)22)10-13-7-8-15(25-13)11-3-5-12(6-4-11)20(23)24/h3-8,10H,2,9H2,1H3,(H,18,22)/b14-10-. The van der Waals surface area contributed by atoms with Crippen LogP contribution in [-0.2, 0) is 4.79 Å². The van der Waals surface area contributed by atoms with Gasteiger partial charge >= 0.3 is 6.03 Å². The first-order valence-electron chi connectivity index (χ1n) is 7.69. The summed E-state index contributed by atoms with van der Waals surface area (Å²) in [6.07, 6.45) is 2.14. The summed E-state index contributed by atoms with van der Waals surface area (Å²) in [6, 6.07) is 8.85. The van der Waals surface area contributed by atoms with Crippen molar-refractivity contribution in [1.29, 1.82) is 0 Å². The maximum absolute atomic E-state index is 12.2. The number of nitrogens with zero attached hydrogens (tertiary/aromatic N) is 2. The number of amides is 3. The topological polar surface area (TPSA) is 106 Å². The molecule has 1 aliphatic rings. The zero-order valence-electron chi connectivity index (χ0n) is 13.4. The highest BCUT2D eigenvalue weighted by molar-refractivity contribution is 6.13. The quantitative estimate of drug-likeness (QED) is 0.389. The van der Waals surface area contributed by atoms with E-state index < -0.39 is 11.0 Å². The maximum atomic E-state index is 12.2. The van der Waals surface area contributed by atoms with Crippen molar-refractivity contribution in [3.05, 3.63) is 58.0 Å². The van der Waals surface area contributed by atoms with Crippen LogP contribution in [0.5, 0.6) is 0 Å². The summed E-state index contributed by atoms with van der Waals surface area (Å²) in [6.45, 7) is 2.24. The van der Waals surface area contributed by atoms with Crippen molar-refractivity contribution < 1.29 is 18.9 Å². The molecule has 3 amide bonds. The van der Waals surface area contributed by atoms with Crippen LogP contribution in [-0.4, -0.2) is 28.3 Å². The normalized spacial score (nSPS) is 15.7. The Morgan fingerprint density at radius 3 is 2.56 bits per heavy atom. The number of hydrogen-bond donors (Lipinski definition) is 1. The number of nitro groups is 1.